The highest BCUT2D eigenvalue weighted by atomic mass is 16.1. The first-order valence-electron chi connectivity index (χ1n) is 7.33. The fourth-order valence-electron chi connectivity index (χ4n) is 2.18. The monoisotopic (exact) mass is 310 g/mol. The summed E-state index contributed by atoms with van der Waals surface area (Å²) < 4.78 is 3.44. The molecule has 2 heterocycles. The van der Waals surface area contributed by atoms with Gasteiger partial charge in [-0.25, -0.2) is 0 Å². The van der Waals surface area contributed by atoms with Crippen molar-refractivity contribution in [2.75, 3.05) is 10.6 Å². The van der Waals surface area contributed by atoms with Crippen LogP contribution in [0.1, 0.15) is 17.3 Å². The number of aromatic nitrogens is 4. The molecule has 0 bridgehead atoms. The molecule has 1 amide bonds. The van der Waals surface area contributed by atoms with E-state index in [-0.39, 0.29) is 5.91 Å². The van der Waals surface area contributed by atoms with Crippen LogP contribution in [0.25, 0.3) is 0 Å². The molecular formula is C16H18N6O. The van der Waals surface area contributed by atoms with Crippen LogP contribution in [0.4, 0.5) is 17.1 Å². The van der Waals surface area contributed by atoms with Gasteiger partial charge >= 0.3 is 0 Å². The van der Waals surface area contributed by atoms with Gasteiger partial charge in [-0.1, -0.05) is 6.07 Å². The Bertz CT molecular complexity index is 819. The molecule has 0 atom stereocenters. The van der Waals surface area contributed by atoms with Crippen molar-refractivity contribution < 1.29 is 4.79 Å². The maximum Gasteiger partial charge on any atom is 0.258 e. The highest BCUT2D eigenvalue weighted by molar-refractivity contribution is 6.04. The summed E-state index contributed by atoms with van der Waals surface area (Å²) in [6.45, 7) is 2.71. The Morgan fingerprint density at radius 3 is 2.65 bits per heavy atom. The second-order valence-electron chi connectivity index (χ2n) is 5.15. The standard InChI is InChI=1S/C16H18N6O/c1-3-22-10-12(8-18-22)16(23)20-14-6-4-5-13(7-14)19-15-9-17-21(2)11-15/h4-11,19H,3H2,1-2H3,(H,20,23). The van der Waals surface area contributed by atoms with Gasteiger partial charge in [0.1, 0.15) is 0 Å². The number of hydrogen-bond donors (Lipinski definition) is 2. The lowest BCUT2D eigenvalue weighted by Crippen LogP contribution is -2.11. The van der Waals surface area contributed by atoms with Crippen LogP contribution in [0, 0.1) is 0 Å². The van der Waals surface area contributed by atoms with Gasteiger partial charge in [0.05, 0.1) is 23.6 Å². The van der Waals surface area contributed by atoms with E-state index in [1.54, 1.807) is 28.0 Å². The maximum absolute atomic E-state index is 12.2. The first-order valence-corrected chi connectivity index (χ1v) is 7.33. The van der Waals surface area contributed by atoms with E-state index in [1.165, 1.54) is 0 Å². The zero-order chi connectivity index (χ0) is 16.2. The van der Waals surface area contributed by atoms with Gasteiger partial charge < -0.3 is 10.6 Å². The van der Waals surface area contributed by atoms with Crippen LogP contribution in [0.5, 0.6) is 0 Å². The molecule has 3 aromatic rings. The summed E-state index contributed by atoms with van der Waals surface area (Å²) in [6.07, 6.45) is 6.92. The Kier molecular flexibility index (Phi) is 4.09. The molecule has 0 aliphatic rings. The molecule has 0 spiro atoms. The summed E-state index contributed by atoms with van der Waals surface area (Å²) in [7, 11) is 1.86. The summed E-state index contributed by atoms with van der Waals surface area (Å²) in [4.78, 5) is 12.2. The molecule has 2 N–H and O–H groups in total. The smallest absolute Gasteiger partial charge is 0.258 e. The van der Waals surface area contributed by atoms with Crippen molar-refractivity contribution in [1.82, 2.24) is 19.6 Å². The fourth-order valence-corrected chi connectivity index (χ4v) is 2.18. The third kappa shape index (κ3) is 3.57. The first-order chi connectivity index (χ1) is 11.1. The molecule has 0 radical (unpaired) electrons. The van der Waals surface area contributed by atoms with E-state index in [0.29, 0.717) is 11.3 Å². The summed E-state index contributed by atoms with van der Waals surface area (Å²) in [6, 6.07) is 7.52. The van der Waals surface area contributed by atoms with Crippen LogP contribution in [-0.4, -0.2) is 25.5 Å². The van der Waals surface area contributed by atoms with E-state index in [1.807, 2.05) is 44.4 Å². The number of nitrogens with zero attached hydrogens (tertiary/aromatic N) is 4. The number of rotatable bonds is 5. The minimum atomic E-state index is -0.178. The van der Waals surface area contributed by atoms with E-state index in [9.17, 15) is 4.79 Å². The predicted octanol–water partition coefficient (Wildman–Crippen LogP) is 2.63. The zero-order valence-electron chi connectivity index (χ0n) is 13.0. The van der Waals surface area contributed by atoms with Crippen LogP contribution in [0.2, 0.25) is 0 Å². The molecule has 23 heavy (non-hydrogen) atoms. The Morgan fingerprint density at radius 1 is 1.13 bits per heavy atom. The minimum absolute atomic E-state index is 0.178. The first kappa shape index (κ1) is 14.8. The molecular weight excluding hydrogens is 292 g/mol. The number of amides is 1. The highest BCUT2D eigenvalue weighted by Gasteiger charge is 2.09. The topological polar surface area (TPSA) is 76.8 Å². The van der Waals surface area contributed by atoms with E-state index < -0.39 is 0 Å². The number of carbonyl (C=O) groups is 1. The average molecular weight is 310 g/mol. The molecule has 7 nitrogen and oxygen atoms in total. The normalized spacial score (nSPS) is 10.5. The molecule has 118 valence electrons. The van der Waals surface area contributed by atoms with Crippen LogP contribution in [0.15, 0.2) is 49.1 Å². The zero-order valence-corrected chi connectivity index (χ0v) is 13.0. The van der Waals surface area contributed by atoms with E-state index >= 15 is 0 Å². The van der Waals surface area contributed by atoms with Gasteiger partial charge in [0.2, 0.25) is 0 Å². The van der Waals surface area contributed by atoms with Crippen LogP contribution < -0.4 is 10.6 Å². The molecule has 0 saturated carbocycles. The number of carbonyl (C=O) groups excluding carboxylic acids is 1. The summed E-state index contributed by atoms with van der Waals surface area (Å²) >= 11 is 0. The number of anilines is 3. The molecule has 0 aliphatic heterocycles. The van der Waals surface area contributed by atoms with Crippen molar-refractivity contribution in [3.63, 3.8) is 0 Å². The van der Waals surface area contributed by atoms with Gasteiger partial charge in [-0.2, -0.15) is 10.2 Å². The lowest BCUT2D eigenvalue weighted by molar-refractivity contribution is 0.102. The van der Waals surface area contributed by atoms with Gasteiger partial charge in [-0.05, 0) is 25.1 Å². The number of aryl methyl sites for hydroxylation is 2. The lowest BCUT2D eigenvalue weighted by atomic mass is 10.2. The van der Waals surface area contributed by atoms with Gasteiger partial charge in [-0.3, -0.25) is 14.2 Å². The molecule has 0 saturated heterocycles. The predicted molar refractivity (Wildman–Crippen MR) is 88.8 cm³/mol. The summed E-state index contributed by atoms with van der Waals surface area (Å²) in [5, 5.41) is 14.3. The van der Waals surface area contributed by atoms with Crippen molar-refractivity contribution >= 4 is 23.0 Å². The second kappa shape index (κ2) is 6.35. The third-order valence-electron chi connectivity index (χ3n) is 3.33. The van der Waals surface area contributed by atoms with E-state index in [2.05, 4.69) is 20.8 Å². The Labute approximate surface area is 133 Å². The molecule has 0 aliphatic carbocycles. The largest absolute Gasteiger partial charge is 0.353 e. The molecule has 0 unspecified atom stereocenters. The summed E-state index contributed by atoms with van der Waals surface area (Å²) in [5.74, 6) is -0.178. The Morgan fingerprint density at radius 2 is 1.96 bits per heavy atom. The Balaban J connectivity index is 1.70. The van der Waals surface area contributed by atoms with Crippen molar-refractivity contribution in [3.05, 3.63) is 54.6 Å². The summed E-state index contributed by atoms with van der Waals surface area (Å²) in [5.41, 5.74) is 3.02. The van der Waals surface area contributed by atoms with Crippen LogP contribution >= 0.6 is 0 Å². The quantitative estimate of drug-likeness (QED) is 0.759. The van der Waals surface area contributed by atoms with Gasteiger partial charge in [-0.15, -0.1) is 0 Å². The van der Waals surface area contributed by atoms with Crippen LogP contribution in [0.3, 0.4) is 0 Å². The van der Waals surface area contributed by atoms with E-state index in [0.717, 1.165) is 17.9 Å². The van der Waals surface area contributed by atoms with E-state index in [4.69, 9.17) is 0 Å². The SMILES string of the molecule is CCn1cc(C(=O)Nc2cccc(Nc3cnn(C)c3)c2)cn1. The van der Waals surface area contributed by atoms with Crippen molar-refractivity contribution in [2.45, 2.75) is 13.5 Å². The van der Waals surface area contributed by atoms with Crippen molar-refractivity contribution in [2.24, 2.45) is 7.05 Å². The van der Waals surface area contributed by atoms with Crippen molar-refractivity contribution in [3.8, 4) is 0 Å². The lowest BCUT2D eigenvalue weighted by Gasteiger charge is -2.07. The molecule has 0 fully saturated rings. The molecule has 1 aromatic carbocycles. The molecule has 2 aromatic heterocycles. The number of hydrogen-bond acceptors (Lipinski definition) is 4. The van der Waals surface area contributed by atoms with Crippen LogP contribution in [-0.2, 0) is 13.6 Å². The minimum Gasteiger partial charge on any atom is -0.353 e. The average Bonchev–Trinajstić information content (AvgIpc) is 3.16. The number of nitrogens with one attached hydrogen (secondary N) is 2. The highest BCUT2D eigenvalue weighted by Crippen LogP contribution is 2.20. The molecule has 7 heteroatoms. The van der Waals surface area contributed by atoms with Gasteiger partial charge in [0.15, 0.2) is 0 Å². The Hall–Kier alpha value is -3.09. The fraction of sp³-hybridized carbons (Fsp3) is 0.188. The second-order valence-corrected chi connectivity index (χ2v) is 5.15. The number of benzene rings is 1. The van der Waals surface area contributed by atoms with Gasteiger partial charge in [0.25, 0.3) is 5.91 Å². The molecule has 3 rings (SSSR count). The maximum atomic E-state index is 12.2. The van der Waals surface area contributed by atoms with Crippen molar-refractivity contribution in [1.29, 1.82) is 0 Å². The van der Waals surface area contributed by atoms with Gasteiger partial charge in [0, 0.05) is 37.4 Å². The third-order valence-corrected chi connectivity index (χ3v) is 3.33.